The molecule has 2 aromatic heterocycles. The SMILES string of the molecule is CCCc1nc(-c2cccc(OC)n2)nc(N)c1Br. The van der Waals surface area contributed by atoms with Gasteiger partial charge in [0.05, 0.1) is 17.3 Å². The summed E-state index contributed by atoms with van der Waals surface area (Å²) in [4.78, 5) is 13.1. The Hall–Kier alpha value is -1.69. The van der Waals surface area contributed by atoms with E-state index >= 15 is 0 Å². The smallest absolute Gasteiger partial charge is 0.213 e. The molecule has 0 aliphatic rings. The van der Waals surface area contributed by atoms with Crippen molar-refractivity contribution >= 4 is 21.7 Å². The Morgan fingerprint density at radius 1 is 1.26 bits per heavy atom. The molecule has 6 heteroatoms. The van der Waals surface area contributed by atoms with Crippen molar-refractivity contribution in [3.63, 3.8) is 0 Å². The van der Waals surface area contributed by atoms with Crippen molar-refractivity contribution in [3.8, 4) is 17.4 Å². The van der Waals surface area contributed by atoms with E-state index in [9.17, 15) is 0 Å². The van der Waals surface area contributed by atoms with Crippen molar-refractivity contribution in [1.29, 1.82) is 0 Å². The van der Waals surface area contributed by atoms with Crippen LogP contribution in [0.5, 0.6) is 5.88 Å². The average Bonchev–Trinajstić information content (AvgIpc) is 2.44. The Morgan fingerprint density at radius 3 is 2.74 bits per heavy atom. The lowest BCUT2D eigenvalue weighted by molar-refractivity contribution is 0.398. The first-order valence-corrected chi connectivity index (χ1v) is 6.78. The number of anilines is 1. The largest absolute Gasteiger partial charge is 0.481 e. The highest BCUT2D eigenvalue weighted by atomic mass is 79.9. The van der Waals surface area contributed by atoms with E-state index in [0.717, 1.165) is 23.0 Å². The number of nitrogens with two attached hydrogens (primary N) is 1. The third kappa shape index (κ3) is 3.01. The van der Waals surface area contributed by atoms with Gasteiger partial charge in [0.15, 0.2) is 5.82 Å². The monoisotopic (exact) mass is 322 g/mol. The zero-order valence-electron chi connectivity index (χ0n) is 10.9. The van der Waals surface area contributed by atoms with E-state index in [-0.39, 0.29) is 0 Å². The standard InChI is InChI=1S/C13H15BrN4O/c1-3-5-8-11(14)12(15)18-13(17-8)9-6-4-7-10(16-9)19-2/h4,6-7H,3,5H2,1-2H3,(H2,15,17,18). The number of aromatic nitrogens is 3. The van der Waals surface area contributed by atoms with Crippen molar-refractivity contribution in [2.75, 3.05) is 12.8 Å². The fourth-order valence-corrected chi connectivity index (χ4v) is 2.06. The minimum absolute atomic E-state index is 0.429. The van der Waals surface area contributed by atoms with Crippen LogP contribution in [-0.2, 0) is 6.42 Å². The van der Waals surface area contributed by atoms with Gasteiger partial charge in [0.2, 0.25) is 5.88 Å². The molecule has 2 aromatic rings. The van der Waals surface area contributed by atoms with Crippen molar-refractivity contribution in [3.05, 3.63) is 28.4 Å². The van der Waals surface area contributed by atoms with Crippen LogP contribution in [0.3, 0.4) is 0 Å². The molecule has 0 aromatic carbocycles. The molecular weight excluding hydrogens is 308 g/mol. The van der Waals surface area contributed by atoms with Gasteiger partial charge in [0.1, 0.15) is 11.5 Å². The molecule has 0 unspecified atom stereocenters. The maximum atomic E-state index is 5.90. The summed E-state index contributed by atoms with van der Waals surface area (Å²) in [5.41, 5.74) is 7.45. The number of rotatable bonds is 4. The van der Waals surface area contributed by atoms with E-state index in [2.05, 4.69) is 37.8 Å². The summed E-state index contributed by atoms with van der Waals surface area (Å²) in [6, 6.07) is 5.46. The maximum absolute atomic E-state index is 5.90. The summed E-state index contributed by atoms with van der Waals surface area (Å²) in [6.07, 6.45) is 1.82. The topological polar surface area (TPSA) is 73.9 Å². The van der Waals surface area contributed by atoms with Gasteiger partial charge < -0.3 is 10.5 Å². The van der Waals surface area contributed by atoms with Crippen molar-refractivity contribution < 1.29 is 4.74 Å². The Balaban J connectivity index is 2.49. The van der Waals surface area contributed by atoms with Gasteiger partial charge in [-0.3, -0.25) is 0 Å². The number of hydrogen-bond donors (Lipinski definition) is 1. The average molecular weight is 323 g/mol. The van der Waals surface area contributed by atoms with Gasteiger partial charge in [-0.15, -0.1) is 0 Å². The van der Waals surface area contributed by atoms with Crippen LogP contribution in [0.15, 0.2) is 22.7 Å². The van der Waals surface area contributed by atoms with Crippen molar-refractivity contribution in [2.45, 2.75) is 19.8 Å². The predicted octanol–water partition coefficient (Wildman–Crippen LogP) is 2.84. The molecule has 2 rings (SSSR count). The molecule has 0 saturated heterocycles. The van der Waals surface area contributed by atoms with Gasteiger partial charge in [-0.1, -0.05) is 19.4 Å². The summed E-state index contributed by atoms with van der Waals surface area (Å²) >= 11 is 3.42. The lowest BCUT2D eigenvalue weighted by atomic mass is 10.2. The van der Waals surface area contributed by atoms with Crippen LogP contribution in [0.2, 0.25) is 0 Å². The number of nitrogen functional groups attached to an aromatic ring is 1. The number of aryl methyl sites for hydroxylation is 1. The Kier molecular flexibility index (Phi) is 4.31. The van der Waals surface area contributed by atoms with E-state index in [4.69, 9.17) is 10.5 Å². The van der Waals surface area contributed by atoms with Crippen LogP contribution in [0.25, 0.3) is 11.5 Å². The van der Waals surface area contributed by atoms with E-state index < -0.39 is 0 Å². The van der Waals surface area contributed by atoms with E-state index in [1.165, 1.54) is 0 Å². The van der Waals surface area contributed by atoms with E-state index in [1.54, 1.807) is 13.2 Å². The van der Waals surface area contributed by atoms with Gasteiger partial charge in [0.25, 0.3) is 0 Å². The first-order valence-electron chi connectivity index (χ1n) is 5.99. The first kappa shape index (κ1) is 13.7. The Bertz CT molecular complexity index is 589. The minimum atomic E-state index is 0.429. The number of methoxy groups -OCH3 is 1. The second-order valence-electron chi connectivity index (χ2n) is 4.01. The Labute approximate surface area is 120 Å². The van der Waals surface area contributed by atoms with E-state index in [0.29, 0.717) is 23.2 Å². The summed E-state index contributed by atoms with van der Waals surface area (Å²) in [7, 11) is 1.57. The zero-order chi connectivity index (χ0) is 13.8. The van der Waals surface area contributed by atoms with Crippen molar-refractivity contribution in [2.24, 2.45) is 0 Å². The molecular formula is C13H15BrN4O. The molecule has 19 heavy (non-hydrogen) atoms. The maximum Gasteiger partial charge on any atom is 0.213 e. The highest BCUT2D eigenvalue weighted by Gasteiger charge is 2.12. The highest BCUT2D eigenvalue weighted by Crippen LogP contribution is 2.26. The summed E-state index contributed by atoms with van der Waals surface area (Å²) in [5.74, 6) is 1.47. The van der Waals surface area contributed by atoms with Gasteiger partial charge in [-0.2, -0.15) is 0 Å². The fraction of sp³-hybridized carbons (Fsp3) is 0.308. The molecule has 0 atom stereocenters. The molecule has 5 nitrogen and oxygen atoms in total. The van der Waals surface area contributed by atoms with Crippen LogP contribution in [0.4, 0.5) is 5.82 Å². The predicted molar refractivity (Wildman–Crippen MR) is 77.9 cm³/mol. The number of nitrogens with zero attached hydrogens (tertiary/aromatic N) is 3. The second-order valence-corrected chi connectivity index (χ2v) is 4.80. The van der Waals surface area contributed by atoms with Gasteiger partial charge in [0, 0.05) is 6.07 Å². The first-order chi connectivity index (χ1) is 9.15. The molecule has 0 fully saturated rings. The summed E-state index contributed by atoms with van der Waals surface area (Å²) in [6.45, 7) is 2.09. The third-order valence-corrected chi connectivity index (χ3v) is 3.46. The van der Waals surface area contributed by atoms with Gasteiger partial charge >= 0.3 is 0 Å². The molecule has 0 bridgehead atoms. The second kappa shape index (κ2) is 5.97. The Morgan fingerprint density at radius 2 is 2.05 bits per heavy atom. The number of pyridine rings is 1. The molecule has 0 spiro atoms. The molecule has 0 radical (unpaired) electrons. The normalized spacial score (nSPS) is 10.5. The van der Waals surface area contributed by atoms with Gasteiger partial charge in [-0.25, -0.2) is 15.0 Å². The summed E-state index contributed by atoms with van der Waals surface area (Å²) < 4.78 is 5.87. The molecule has 2 N–H and O–H groups in total. The minimum Gasteiger partial charge on any atom is -0.481 e. The molecule has 2 heterocycles. The molecule has 100 valence electrons. The number of ether oxygens (including phenoxy) is 1. The number of hydrogen-bond acceptors (Lipinski definition) is 5. The van der Waals surface area contributed by atoms with Crippen LogP contribution in [0.1, 0.15) is 19.0 Å². The number of halogens is 1. The molecule has 0 saturated carbocycles. The van der Waals surface area contributed by atoms with E-state index in [1.807, 2.05) is 12.1 Å². The lowest BCUT2D eigenvalue weighted by Gasteiger charge is -2.08. The quantitative estimate of drug-likeness (QED) is 0.936. The van der Waals surface area contributed by atoms with Crippen LogP contribution in [0, 0.1) is 0 Å². The summed E-state index contributed by atoms with van der Waals surface area (Å²) in [5, 5.41) is 0. The molecule has 0 aliphatic carbocycles. The molecule has 0 aliphatic heterocycles. The fourth-order valence-electron chi connectivity index (χ4n) is 1.68. The zero-order valence-corrected chi connectivity index (χ0v) is 12.4. The third-order valence-electron chi connectivity index (χ3n) is 2.59. The molecule has 0 amide bonds. The highest BCUT2D eigenvalue weighted by molar-refractivity contribution is 9.10. The van der Waals surface area contributed by atoms with Crippen LogP contribution in [-0.4, -0.2) is 22.1 Å². The van der Waals surface area contributed by atoms with Gasteiger partial charge in [-0.05, 0) is 28.4 Å². The lowest BCUT2D eigenvalue weighted by Crippen LogP contribution is -2.04. The van der Waals surface area contributed by atoms with Crippen LogP contribution >= 0.6 is 15.9 Å². The van der Waals surface area contributed by atoms with Crippen LogP contribution < -0.4 is 10.5 Å². The van der Waals surface area contributed by atoms with Crippen molar-refractivity contribution in [1.82, 2.24) is 15.0 Å².